The van der Waals surface area contributed by atoms with Crippen LogP contribution in [0.2, 0.25) is 0 Å². The first-order valence-electron chi connectivity index (χ1n) is 6.95. The van der Waals surface area contributed by atoms with Crippen molar-refractivity contribution in [1.82, 2.24) is 10.2 Å². The van der Waals surface area contributed by atoms with Crippen molar-refractivity contribution in [3.8, 4) is 0 Å². The summed E-state index contributed by atoms with van der Waals surface area (Å²) >= 11 is 0. The minimum Gasteiger partial charge on any atom is -0.383 e. The lowest BCUT2D eigenvalue weighted by Gasteiger charge is -2.46. The molecule has 1 aliphatic heterocycles. The molecule has 3 nitrogen and oxygen atoms in total. The van der Waals surface area contributed by atoms with Gasteiger partial charge in [-0.25, -0.2) is 0 Å². The molecule has 0 amide bonds. The minimum absolute atomic E-state index is 0.331. The molecular formula is C14H30N2O. The van der Waals surface area contributed by atoms with E-state index in [1.54, 1.807) is 7.11 Å². The highest BCUT2D eigenvalue weighted by Crippen LogP contribution is 2.26. The molecule has 0 aromatic rings. The molecular weight excluding hydrogens is 212 g/mol. The van der Waals surface area contributed by atoms with Crippen LogP contribution in [-0.2, 0) is 4.74 Å². The van der Waals surface area contributed by atoms with Crippen molar-refractivity contribution < 1.29 is 4.74 Å². The molecule has 1 fully saturated rings. The number of methoxy groups -OCH3 is 1. The van der Waals surface area contributed by atoms with Crippen molar-refractivity contribution in [2.75, 3.05) is 33.4 Å². The zero-order valence-corrected chi connectivity index (χ0v) is 12.3. The fourth-order valence-corrected chi connectivity index (χ4v) is 2.73. The minimum atomic E-state index is 0.331. The van der Waals surface area contributed by atoms with Crippen molar-refractivity contribution >= 4 is 0 Å². The number of hydrogen-bond donors (Lipinski definition) is 1. The molecule has 1 aliphatic rings. The topological polar surface area (TPSA) is 24.5 Å². The Morgan fingerprint density at radius 2 is 2.06 bits per heavy atom. The molecule has 2 unspecified atom stereocenters. The van der Waals surface area contributed by atoms with E-state index < -0.39 is 0 Å². The number of rotatable bonds is 5. The van der Waals surface area contributed by atoms with Gasteiger partial charge < -0.3 is 10.1 Å². The number of ether oxygens (including phenoxy) is 1. The van der Waals surface area contributed by atoms with Crippen LogP contribution in [-0.4, -0.2) is 50.3 Å². The van der Waals surface area contributed by atoms with Crippen molar-refractivity contribution in [1.29, 1.82) is 0 Å². The average Bonchev–Trinajstić information content (AvgIpc) is 2.25. The first kappa shape index (κ1) is 14.9. The lowest BCUT2D eigenvalue weighted by atomic mass is 9.83. The summed E-state index contributed by atoms with van der Waals surface area (Å²) in [5.41, 5.74) is 0.331. The molecule has 1 N–H and O–H groups in total. The third-order valence-electron chi connectivity index (χ3n) is 3.71. The van der Waals surface area contributed by atoms with Gasteiger partial charge in [-0.05, 0) is 11.8 Å². The van der Waals surface area contributed by atoms with Crippen molar-refractivity contribution in [2.24, 2.45) is 5.41 Å². The van der Waals surface area contributed by atoms with Gasteiger partial charge in [-0.2, -0.15) is 0 Å². The number of piperazine rings is 1. The van der Waals surface area contributed by atoms with E-state index in [0.717, 1.165) is 19.7 Å². The maximum atomic E-state index is 5.24. The fourth-order valence-electron chi connectivity index (χ4n) is 2.73. The van der Waals surface area contributed by atoms with E-state index in [0.29, 0.717) is 17.5 Å². The summed E-state index contributed by atoms with van der Waals surface area (Å²) < 4.78 is 5.24. The van der Waals surface area contributed by atoms with Crippen LogP contribution in [0, 0.1) is 5.41 Å². The highest BCUT2D eigenvalue weighted by Gasteiger charge is 2.34. The van der Waals surface area contributed by atoms with Crippen LogP contribution in [0.4, 0.5) is 0 Å². The highest BCUT2D eigenvalue weighted by atomic mass is 16.5. The van der Waals surface area contributed by atoms with Gasteiger partial charge in [0.05, 0.1) is 6.61 Å². The zero-order chi connectivity index (χ0) is 12.9. The van der Waals surface area contributed by atoms with Crippen LogP contribution in [0.1, 0.15) is 40.5 Å². The largest absolute Gasteiger partial charge is 0.383 e. The summed E-state index contributed by atoms with van der Waals surface area (Å²) in [6, 6.07) is 1.28. The molecule has 0 aliphatic carbocycles. The van der Waals surface area contributed by atoms with E-state index in [9.17, 15) is 0 Å². The summed E-state index contributed by atoms with van der Waals surface area (Å²) in [4.78, 5) is 2.61. The standard InChI is InChI=1S/C14H30N2O/c1-6-7-12-11-16(8-9-17-5)13(10-15-12)14(2,3)4/h12-13,15H,6-11H2,1-5H3. The van der Waals surface area contributed by atoms with E-state index in [1.807, 2.05) is 0 Å². The Hall–Kier alpha value is -0.120. The Labute approximate surface area is 107 Å². The second-order valence-corrected chi connectivity index (χ2v) is 6.26. The SMILES string of the molecule is CCCC1CN(CCOC)C(C(C)(C)C)CN1. The molecule has 17 heavy (non-hydrogen) atoms. The van der Waals surface area contributed by atoms with Crippen LogP contribution in [0.5, 0.6) is 0 Å². The summed E-state index contributed by atoms with van der Waals surface area (Å²) in [6.07, 6.45) is 2.54. The van der Waals surface area contributed by atoms with Crippen molar-refractivity contribution in [2.45, 2.75) is 52.6 Å². The van der Waals surface area contributed by atoms with Gasteiger partial charge in [-0.1, -0.05) is 34.1 Å². The second-order valence-electron chi connectivity index (χ2n) is 6.26. The first-order chi connectivity index (χ1) is 7.99. The Morgan fingerprint density at radius 3 is 2.59 bits per heavy atom. The number of nitrogens with one attached hydrogen (secondary N) is 1. The van der Waals surface area contributed by atoms with Gasteiger partial charge in [0.1, 0.15) is 0 Å². The number of nitrogens with zero attached hydrogens (tertiary/aromatic N) is 1. The molecule has 0 bridgehead atoms. The molecule has 102 valence electrons. The fraction of sp³-hybridized carbons (Fsp3) is 1.00. The lowest BCUT2D eigenvalue weighted by molar-refractivity contribution is 0.0331. The predicted molar refractivity (Wildman–Crippen MR) is 73.4 cm³/mol. The maximum absolute atomic E-state index is 5.24. The maximum Gasteiger partial charge on any atom is 0.0589 e. The molecule has 0 aromatic carbocycles. The van der Waals surface area contributed by atoms with Crippen LogP contribution in [0.3, 0.4) is 0 Å². The van der Waals surface area contributed by atoms with Gasteiger partial charge in [0, 0.05) is 38.8 Å². The molecule has 0 spiro atoms. The third-order valence-corrected chi connectivity index (χ3v) is 3.71. The molecule has 0 saturated carbocycles. The van der Waals surface area contributed by atoms with Gasteiger partial charge >= 0.3 is 0 Å². The first-order valence-corrected chi connectivity index (χ1v) is 6.95. The Balaban J connectivity index is 2.59. The Kier molecular flexibility index (Phi) is 5.90. The summed E-state index contributed by atoms with van der Waals surface area (Å²) in [5, 5.41) is 3.70. The van der Waals surface area contributed by atoms with Gasteiger partial charge in [-0.15, -0.1) is 0 Å². The zero-order valence-electron chi connectivity index (χ0n) is 12.3. The number of hydrogen-bond acceptors (Lipinski definition) is 3. The van der Waals surface area contributed by atoms with E-state index in [2.05, 4.69) is 37.9 Å². The lowest BCUT2D eigenvalue weighted by Crippen LogP contribution is -2.61. The average molecular weight is 242 g/mol. The molecule has 1 heterocycles. The van der Waals surface area contributed by atoms with Crippen molar-refractivity contribution in [3.63, 3.8) is 0 Å². The van der Waals surface area contributed by atoms with Crippen LogP contribution in [0.25, 0.3) is 0 Å². The highest BCUT2D eigenvalue weighted by molar-refractivity contribution is 4.92. The summed E-state index contributed by atoms with van der Waals surface area (Å²) in [5.74, 6) is 0. The predicted octanol–water partition coefficient (Wildman–Crippen LogP) is 2.12. The molecule has 2 atom stereocenters. The Morgan fingerprint density at radius 1 is 1.35 bits per heavy atom. The van der Waals surface area contributed by atoms with Crippen molar-refractivity contribution in [3.05, 3.63) is 0 Å². The third kappa shape index (κ3) is 4.57. The second kappa shape index (κ2) is 6.72. The molecule has 1 rings (SSSR count). The van der Waals surface area contributed by atoms with E-state index in [-0.39, 0.29) is 0 Å². The molecule has 1 saturated heterocycles. The van der Waals surface area contributed by atoms with Gasteiger partial charge in [0.15, 0.2) is 0 Å². The van der Waals surface area contributed by atoms with Crippen LogP contribution < -0.4 is 5.32 Å². The van der Waals surface area contributed by atoms with E-state index in [1.165, 1.54) is 19.4 Å². The van der Waals surface area contributed by atoms with Gasteiger partial charge in [-0.3, -0.25) is 4.90 Å². The van der Waals surface area contributed by atoms with E-state index >= 15 is 0 Å². The smallest absolute Gasteiger partial charge is 0.0589 e. The summed E-state index contributed by atoms with van der Waals surface area (Å²) in [7, 11) is 1.79. The normalized spacial score (nSPS) is 27.4. The Bertz CT molecular complexity index is 213. The summed E-state index contributed by atoms with van der Waals surface area (Å²) in [6.45, 7) is 13.4. The van der Waals surface area contributed by atoms with Gasteiger partial charge in [0.25, 0.3) is 0 Å². The molecule has 3 heteroatoms. The van der Waals surface area contributed by atoms with Crippen LogP contribution >= 0.6 is 0 Å². The van der Waals surface area contributed by atoms with E-state index in [4.69, 9.17) is 4.74 Å². The molecule has 0 radical (unpaired) electrons. The monoisotopic (exact) mass is 242 g/mol. The van der Waals surface area contributed by atoms with Gasteiger partial charge in [0.2, 0.25) is 0 Å². The quantitative estimate of drug-likeness (QED) is 0.799. The molecule has 0 aromatic heterocycles. The van der Waals surface area contributed by atoms with Crippen LogP contribution in [0.15, 0.2) is 0 Å².